The highest BCUT2D eigenvalue weighted by atomic mass is 32.1. The maximum atomic E-state index is 12.7. The van der Waals surface area contributed by atoms with Crippen LogP contribution in [-0.2, 0) is 11.3 Å². The SMILES string of the molecule is Cc1nc2ccccc2c(=O)n1CC(=O)Nc1nnc([C@H](C)Oc2ccccc2)s1. The van der Waals surface area contributed by atoms with E-state index in [-0.39, 0.29) is 24.1 Å². The first kappa shape index (κ1) is 19.7. The van der Waals surface area contributed by atoms with Crippen LogP contribution in [0.15, 0.2) is 59.4 Å². The van der Waals surface area contributed by atoms with Crippen LogP contribution in [0.3, 0.4) is 0 Å². The second-order valence-electron chi connectivity index (χ2n) is 6.63. The predicted molar refractivity (Wildman–Crippen MR) is 115 cm³/mol. The zero-order valence-electron chi connectivity index (χ0n) is 16.4. The summed E-state index contributed by atoms with van der Waals surface area (Å²) in [5.74, 6) is 0.817. The van der Waals surface area contributed by atoms with Gasteiger partial charge in [-0.2, -0.15) is 0 Å². The van der Waals surface area contributed by atoms with Gasteiger partial charge in [0.15, 0.2) is 5.01 Å². The summed E-state index contributed by atoms with van der Waals surface area (Å²) in [6, 6.07) is 16.5. The quantitative estimate of drug-likeness (QED) is 0.513. The highest BCUT2D eigenvalue weighted by molar-refractivity contribution is 7.15. The molecular weight excluding hydrogens is 402 g/mol. The molecule has 2 aromatic heterocycles. The minimum Gasteiger partial charge on any atom is -0.483 e. The largest absolute Gasteiger partial charge is 0.483 e. The number of carbonyl (C=O) groups excluding carboxylic acids is 1. The molecule has 0 radical (unpaired) electrons. The Morgan fingerprint density at radius 3 is 2.67 bits per heavy atom. The van der Waals surface area contributed by atoms with Crippen molar-refractivity contribution >= 4 is 33.3 Å². The number of hydrogen-bond donors (Lipinski definition) is 1. The molecule has 2 aromatic carbocycles. The number of anilines is 1. The predicted octanol–water partition coefficient (Wildman–Crippen LogP) is 3.34. The molecule has 9 heteroatoms. The summed E-state index contributed by atoms with van der Waals surface area (Å²) < 4.78 is 7.18. The Bertz CT molecular complexity index is 1250. The van der Waals surface area contributed by atoms with Gasteiger partial charge < -0.3 is 4.74 Å². The molecule has 4 rings (SSSR count). The fourth-order valence-electron chi connectivity index (χ4n) is 2.97. The molecule has 30 heavy (non-hydrogen) atoms. The van der Waals surface area contributed by atoms with E-state index in [1.807, 2.05) is 43.3 Å². The Labute approximate surface area is 176 Å². The Morgan fingerprint density at radius 2 is 1.87 bits per heavy atom. The summed E-state index contributed by atoms with van der Waals surface area (Å²) in [5.41, 5.74) is 0.355. The van der Waals surface area contributed by atoms with Crippen LogP contribution in [0.2, 0.25) is 0 Å². The standard InChI is InChI=1S/C21H19N5O3S/c1-13(29-15-8-4-3-5-9-15)19-24-25-21(30-19)23-18(27)12-26-14(2)22-17-11-7-6-10-16(17)20(26)28/h3-11,13H,12H2,1-2H3,(H,23,25,27)/t13-/m0/s1. The molecule has 1 N–H and O–H groups in total. The van der Waals surface area contributed by atoms with Crippen molar-refractivity contribution in [2.24, 2.45) is 0 Å². The first-order valence-corrected chi connectivity index (χ1v) is 10.1. The summed E-state index contributed by atoms with van der Waals surface area (Å²) >= 11 is 1.23. The van der Waals surface area contributed by atoms with E-state index in [0.29, 0.717) is 26.9 Å². The van der Waals surface area contributed by atoms with Crippen LogP contribution in [0.4, 0.5) is 5.13 Å². The molecule has 0 saturated heterocycles. The molecule has 0 aliphatic rings. The van der Waals surface area contributed by atoms with Gasteiger partial charge in [-0.15, -0.1) is 10.2 Å². The molecule has 0 aliphatic carbocycles. The third kappa shape index (κ3) is 4.20. The second-order valence-corrected chi connectivity index (χ2v) is 7.64. The lowest BCUT2D eigenvalue weighted by Gasteiger charge is -2.11. The molecule has 0 spiro atoms. The van der Waals surface area contributed by atoms with Crippen molar-refractivity contribution < 1.29 is 9.53 Å². The zero-order chi connectivity index (χ0) is 21.1. The van der Waals surface area contributed by atoms with E-state index < -0.39 is 0 Å². The number of ether oxygens (including phenoxy) is 1. The summed E-state index contributed by atoms with van der Waals surface area (Å²) in [6.07, 6.45) is -0.315. The lowest BCUT2D eigenvalue weighted by Crippen LogP contribution is -2.30. The number of amides is 1. The molecule has 1 atom stereocenters. The number of benzene rings is 2. The van der Waals surface area contributed by atoms with Crippen LogP contribution in [0.25, 0.3) is 10.9 Å². The van der Waals surface area contributed by atoms with Crippen molar-refractivity contribution in [1.82, 2.24) is 19.7 Å². The zero-order valence-corrected chi connectivity index (χ0v) is 17.2. The summed E-state index contributed by atoms with van der Waals surface area (Å²) in [7, 11) is 0. The molecular formula is C21H19N5O3S. The number of para-hydroxylation sites is 2. The minimum atomic E-state index is -0.378. The van der Waals surface area contributed by atoms with E-state index in [1.54, 1.807) is 25.1 Å². The number of hydrogen-bond acceptors (Lipinski definition) is 7. The molecule has 0 unspecified atom stereocenters. The Morgan fingerprint density at radius 1 is 1.13 bits per heavy atom. The monoisotopic (exact) mass is 421 g/mol. The van der Waals surface area contributed by atoms with Gasteiger partial charge in [-0.25, -0.2) is 4.98 Å². The van der Waals surface area contributed by atoms with Gasteiger partial charge in [0, 0.05) is 0 Å². The van der Waals surface area contributed by atoms with Crippen molar-refractivity contribution in [2.75, 3.05) is 5.32 Å². The van der Waals surface area contributed by atoms with Gasteiger partial charge >= 0.3 is 0 Å². The van der Waals surface area contributed by atoms with Crippen LogP contribution in [0.1, 0.15) is 23.9 Å². The number of aromatic nitrogens is 4. The number of nitrogens with zero attached hydrogens (tertiary/aromatic N) is 4. The third-order valence-electron chi connectivity index (χ3n) is 4.45. The molecule has 0 aliphatic heterocycles. The third-order valence-corrected chi connectivity index (χ3v) is 5.44. The van der Waals surface area contributed by atoms with Gasteiger partial charge in [-0.1, -0.05) is 41.7 Å². The molecule has 8 nitrogen and oxygen atoms in total. The van der Waals surface area contributed by atoms with E-state index in [0.717, 1.165) is 5.75 Å². The topological polar surface area (TPSA) is 99.0 Å². The molecule has 1 amide bonds. The fourth-order valence-corrected chi connectivity index (χ4v) is 3.71. The molecule has 2 heterocycles. The number of fused-ring (bicyclic) bond motifs is 1. The van der Waals surface area contributed by atoms with Gasteiger partial charge in [0.25, 0.3) is 5.56 Å². The van der Waals surface area contributed by atoms with Gasteiger partial charge in [0.1, 0.15) is 24.2 Å². The molecule has 152 valence electrons. The van der Waals surface area contributed by atoms with Crippen molar-refractivity contribution in [3.8, 4) is 5.75 Å². The summed E-state index contributed by atoms with van der Waals surface area (Å²) in [6.45, 7) is 3.41. The molecule has 4 aromatic rings. The van der Waals surface area contributed by atoms with Crippen LogP contribution in [0.5, 0.6) is 5.75 Å². The van der Waals surface area contributed by atoms with Crippen LogP contribution in [0, 0.1) is 6.92 Å². The lowest BCUT2D eigenvalue weighted by atomic mass is 10.2. The van der Waals surface area contributed by atoms with E-state index in [4.69, 9.17) is 4.74 Å². The average Bonchev–Trinajstić information content (AvgIpc) is 3.20. The van der Waals surface area contributed by atoms with Crippen LogP contribution >= 0.6 is 11.3 Å². The highest BCUT2D eigenvalue weighted by Gasteiger charge is 2.16. The Kier molecular flexibility index (Phi) is 5.53. The van der Waals surface area contributed by atoms with E-state index in [2.05, 4.69) is 20.5 Å². The van der Waals surface area contributed by atoms with Gasteiger partial charge in [0.05, 0.1) is 10.9 Å². The smallest absolute Gasteiger partial charge is 0.261 e. The van der Waals surface area contributed by atoms with E-state index in [1.165, 1.54) is 15.9 Å². The minimum absolute atomic E-state index is 0.159. The van der Waals surface area contributed by atoms with Gasteiger partial charge in [0.2, 0.25) is 11.0 Å². The van der Waals surface area contributed by atoms with Gasteiger partial charge in [-0.3, -0.25) is 19.5 Å². The number of aryl methyl sites for hydroxylation is 1. The lowest BCUT2D eigenvalue weighted by molar-refractivity contribution is -0.116. The van der Waals surface area contributed by atoms with Gasteiger partial charge in [-0.05, 0) is 38.1 Å². The summed E-state index contributed by atoms with van der Waals surface area (Å²) in [5, 5.41) is 12.3. The molecule has 0 fully saturated rings. The Balaban J connectivity index is 1.45. The number of rotatable bonds is 6. The molecule has 0 bridgehead atoms. The van der Waals surface area contributed by atoms with Crippen molar-refractivity contribution in [2.45, 2.75) is 26.5 Å². The van der Waals surface area contributed by atoms with E-state index in [9.17, 15) is 9.59 Å². The van der Waals surface area contributed by atoms with Crippen molar-refractivity contribution in [3.63, 3.8) is 0 Å². The second kappa shape index (κ2) is 8.42. The first-order chi connectivity index (χ1) is 14.5. The Hall–Kier alpha value is -3.59. The maximum absolute atomic E-state index is 12.7. The maximum Gasteiger partial charge on any atom is 0.261 e. The highest BCUT2D eigenvalue weighted by Crippen LogP contribution is 2.26. The normalized spacial score (nSPS) is 11.9. The summed E-state index contributed by atoms with van der Waals surface area (Å²) in [4.78, 5) is 29.6. The first-order valence-electron chi connectivity index (χ1n) is 9.32. The fraction of sp³-hybridized carbons (Fsp3) is 0.190. The van der Waals surface area contributed by atoms with Crippen molar-refractivity contribution in [3.05, 3.63) is 75.8 Å². The van der Waals surface area contributed by atoms with E-state index >= 15 is 0 Å². The number of carbonyl (C=O) groups is 1. The molecule has 0 saturated carbocycles. The van der Waals surface area contributed by atoms with Crippen molar-refractivity contribution in [1.29, 1.82) is 0 Å². The number of nitrogens with one attached hydrogen (secondary N) is 1. The average molecular weight is 421 g/mol. The van der Waals surface area contributed by atoms with Crippen LogP contribution in [-0.4, -0.2) is 25.7 Å². The van der Waals surface area contributed by atoms with Crippen LogP contribution < -0.4 is 15.6 Å².